The molecule has 88 valence electrons. The van der Waals surface area contributed by atoms with Gasteiger partial charge in [-0.1, -0.05) is 13.8 Å². The van der Waals surface area contributed by atoms with Gasteiger partial charge in [-0.2, -0.15) is 4.98 Å². The van der Waals surface area contributed by atoms with Gasteiger partial charge in [0.1, 0.15) is 5.82 Å². The first-order chi connectivity index (χ1) is 7.66. The molecule has 1 heterocycles. The van der Waals surface area contributed by atoms with E-state index in [-0.39, 0.29) is 0 Å². The number of aromatic nitrogens is 2. The monoisotopic (exact) mass is 220 g/mol. The van der Waals surface area contributed by atoms with Crippen LogP contribution in [0.5, 0.6) is 0 Å². The highest BCUT2D eigenvalue weighted by atomic mass is 15.3. The molecule has 0 aliphatic heterocycles. The predicted molar refractivity (Wildman–Crippen MR) is 66.3 cm³/mol. The molecule has 0 amide bonds. The number of nitrogens with two attached hydrogens (primary N) is 1. The molecular formula is C12H20N4. The van der Waals surface area contributed by atoms with E-state index in [4.69, 9.17) is 5.73 Å². The van der Waals surface area contributed by atoms with Gasteiger partial charge < -0.3 is 10.6 Å². The average Bonchev–Trinajstić information content (AvgIpc) is 3.02. The van der Waals surface area contributed by atoms with E-state index < -0.39 is 0 Å². The van der Waals surface area contributed by atoms with E-state index in [2.05, 4.69) is 28.7 Å². The van der Waals surface area contributed by atoms with Crippen LogP contribution in [-0.2, 0) is 0 Å². The summed E-state index contributed by atoms with van der Waals surface area (Å²) in [4.78, 5) is 10.9. The van der Waals surface area contributed by atoms with Gasteiger partial charge in [0, 0.05) is 18.8 Å². The highest BCUT2D eigenvalue weighted by Crippen LogP contribution is 2.30. The highest BCUT2D eigenvalue weighted by Gasteiger charge is 2.30. The molecule has 2 rings (SSSR count). The first kappa shape index (κ1) is 11.2. The maximum absolute atomic E-state index is 5.70. The molecule has 4 nitrogen and oxygen atoms in total. The molecule has 1 saturated carbocycles. The number of anilines is 2. The van der Waals surface area contributed by atoms with Crippen LogP contribution in [0, 0.1) is 5.92 Å². The normalized spacial score (nSPS) is 15.4. The molecule has 2 N–H and O–H groups in total. The summed E-state index contributed by atoms with van der Waals surface area (Å²) in [6.07, 6.45) is 5.43. The molecule has 4 heteroatoms. The number of rotatable bonds is 5. The van der Waals surface area contributed by atoms with Gasteiger partial charge in [0.2, 0.25) is 5.95 Å². The maximum Gasteiger partial charge on any atom is 0.227 e. The van der Waals surface area contributed by atoms with Crippen LogP contribution in [0.2, 0.25) is 0 Å². The second-order valence-corrected chi connectivity index (χ2v) is 4.89. The Hall–Kier alpha value is -1.32. The van der Waals surface area contributed by atoms with Crippen molar-refractivity contribution in [3.8, 4) is 0 Å². The lowest BCUT2D eigenvalue weighted by Crippen LogP contribution is -2.29. The molecule has 1 aliphatic rings. The Labute approximate surface area is 96.9 Å². The van der Waals surface area contributed by atoms with E-state index >= 15 is 0 Å². The molecule has 0 spiro atoms. The summed E-state index contributed by atoms with van der Waals surface area (Å²) >= 11 is 0. The van der Waals surface area contributed by atoms with Crippen molar-refractivity contribution in [2.45, 2.75) is 39.2 Å². The van der Waals surface area contributed by atoms with Gasteiger partial charge in [-0.05, 0) is 31.2 Å². The molecule has 16 heavy (non-hydrogen) atoms. The first-order valence-electron chi connectivity index (χ1n) is 6.02. The zero-order valence-electron chi connectivity index (χ0n) is 10.1. The van der Waals surface area contributed by atoms with Gasteiger partial charge in [-0.15, -0.1) is 0 Å². The van der Waals surface area contributed by atoms with E-state index in [9.17, 15) is 0 Å². The van der Waals surface area contributed by atoms with E-state index in [1.165, 1.54) is 19.3 Å². The highest BCUT2D eigenvalue weighted by molar-refractivity contribution is 5.39. The molecule has 1 aromatic heterocycles. The van der Waals surface area contributed by atoms with E-state index in [1.807, 2.05) is 0 Å². The van der Waals surface area contributed by atoms with Gasteiger partial charge in [-0.25, -0.2) is 4.98 Å². The van der Waals surface area contributed by atoms with Crippen molar-refractivity contribution in [1.82, 2.24) is 9.97 Å². The predicted octanol–water partition coefficient (Wildman–Crippen LogP) is 2.07. The van der Waals surface area contributed by atoms with Gasteiger partial charge in [-0.3, -0.25) is 0 Å². The molecule has 1 aromatic rings. The lowest BCUT2D eigenvalue weighted by Gasteiger charge is -2.23. The second kappa shape index (κ2) is 4.68. The number of hydrogen-bond acceptors (Lipinski definition) is 4. The zero-order valence-corrected chi connectivity index (χ0v) is 10.1. The fourth-order valence-corrected chi connectivity index (χ4v) is 1.73. The van der Waals surface area contributed by atoms with Crippen molar-refractivity contribution in [3.63, 3.8) is 0 Å². The molecule has 0 aromatic carbocycles. The fourth-order valence-electron chi connectivity index (χ4n) is 1.73. The molecular weight excluding hydrogens is 200 g/mol. The minimum absolute atomic E-state index is 0.556. The van der Waals surface area contributed by atoms with E-state index in [0.717, 1.165) is 12.5 Å². The van der Waals surface area contributed by atoms with Crippen LogP contribution in [0.25, 0.3) is 0 Å². The third-order valence-corrected chi connectivity index (χ3v) is 2.86. The third-order valence-electron chi connectivity index (χ3n) is 2.86. The molecule has 0 atom stereocenters. The summed E-state index contributed by atoms with van der Waals surface area (Å²) in [6.45, 7) is 5.52. The summed E-state index contributed by atoms with van der Waals surface area (Å²) in [7, 11) is 0. The average molecular weight is 220 g/mol. The Morgan fingerprint density at radius 3 is 2.81 bits per heavy atom. The van der Waals surface area contributed by atoms with Gasteiger partial charge in [0.25, 0.3) is 0 Å². The third kappa shape index (κ3) is 2.84. The van der Waals surface area contributed by atoms with Crippen molar-refractivity contribution in [2.75, 3.05) is 17.2 Å². The SMILES string of the molecule is CC(C)CCN(c1nccc(N)n1)C1CC1. The van der Waals surface area contributed by atoms with Crippen molar-refractivity contribution >= 4 is 11.8 Å². The number of nitrogens with zero attached hydrogens (tertiary/aromatic N) is 3. The molecule has 1 fully saturated rings. The summed E-state index contributed by atoms with van der Waals surface area (Å²) in [5.41, 5.74) is 5.70. The van der Waals surface area contributed by atoms with Crippen LogP contribution < -0.4 is 10.6 Å². The molecule has 1 aliphatic carbocycles. The van der Waals surface area contributed by atoms with Crippen LogP contribution in [0.15, 0.2) is 12.3 Å². The van der Waals surface area contributed by atoms with Crippen LogP contribution >= 0.6 is 0 Å². The minimum atomic E-state index is 0.556. The van der Waals surface area contributed by atoms with Crippen molar-refractivity contribution < 1.29 is 0 Å². The quantitative estimate of drug-likeness (QED) is 0.825. The summed E-state index contributed by atoms with van der Waals surface area (Å²) in [5, 5.41) is 0. The van der Waals surface area contributed by atoms with Gasteiger partial charge in [0.05, 0.1) is 0 Å². The Morgan fingerprint density at radius 2 is 2.25 bits per heavy atom. The minimum Gasteiger partial charge on any atom is -0.384 e. The van der Waals surface area contributed by atoms with Crippen LogP contribution in [0.1, 0.15) is 33.1 Å². The fraction of sp³-hybridized carbons (Fsp3) is 0.667. The standard InChI is InChI=1S/C12H20N4/c1-9(2)6-8-16(10-3-4-10)12-14-7-5-11(13)15-12/h5,7,9-10H,3-4,6,8H2,1-2H3,(H2,13,14,15). The van der Waals surface area contributed by atoms with Crippen molar-refractivity contribution in [2.24, 2.45) is 5.92 Å². The van der Waals surface area contributed by atoms with Gasteiger partial charge >= 0.3 is 0 Å². The lowest BCUT2D eigenvalue weighted by molar-refractivity contribution is 0.566. The maximum atomic E-state index is 5.70. The number of hydrogen-bond donors (Lipinski definition) is 1. The number of nitrogen functional groups attached to an aromatic ring is 1. The zero-order chi connectivity index (χ0) is 11.5. The molecule has 0 unspecified atom stereocenters. The summed E-state index contributed by atoms with van der Waals surface area (Å²) in [6, 6.07) is 2.37. The Bertz CT molecular complexity index is 347. The topological polar surface area (TPSA) is 55.0 Å². The molecule has 0 radical (unpaired) electrons. The largest absolute Gasteiger partial charge is 0.384 e. The van der Waals surface area contributed by atoms with E-state index in [1.54, 1.807) is 12.3 Å². The Morgan fingerprint density at radius 1 is 1.50 bits per heavy atom. The first-order valence-corrected chi connectivity index (χ1v) is 6.02. The van der Waals surface area contributed by atoms with Crippen LogP contribution in [0.3, 0.4) is 0 Å². The molecule has 0 bridgehead atoms. The lowest BCUT2D eigenvalue weighted by atomic mass is 10.1. The smallest absolute Gasteiger partial charge is 0.227 e. The van der Waals surface area contributed by atoms with Crippen LogP contribution in [0.4, 0.5) is 11.8 Å². The molecule has 0 saturated heterocycles. The van der Waals surface area contributed by atoms with E-state index in [0.29, 0.717) is 17.8 Å². The summed E-state index contributed by atoms with van der Waals surface area (Å²) in [5.74, 6) is 2.06. The van der Waals surface area contributed by atoms with Crippen LogP contribution in [-0.4, -0.2) is 22.6 Å². The second-order valence-electron chi connectivity index (χ2n) is 4.89. The van der Waals surface area contributed by atoms with Gasteiger partial charge in [0.15, 0.2) is 0 Å². The van der Waals surface area contributed by atoms with Crippen molar-refractivity contribution in [1.29, 1.82) is 0 Å². The Kier molecular flexibility index (Phi) is 3.27. The van der Waals surface area contributed by atoms with Crippen molar-refractivity contribution in [3.05, 3.63) is 12.3 Å². The summed E-state index contributed by atoms with van der Waals surface area (Å²) < 4.78 is 0. The Balaban J connectivity index is 2.06.